The lowest BCUT2D eigenvalue weighted by atomic mass is 10.0. The Morgan fingerprint density at radius 1 is 0.253 bits per heavy atom. The number of esters is 3. The van der Waals surface area contributed by atoms with Crippen molar-refractivity contribution in [3.8, 4) is 0 Å². The fourth-order valence-electron chi connectivity index (χ4n) is 10.5. The summed E-state index contributed by atoms with van der Waals surface area (Å²) in [6.07, 6.45) is 85.6. The van der Waals surface area contributed by atoms with Crippen molar-refractivity contribution in [1.82, 2.24) is 0 Å². The number of carbonyl (C=O) groups excluding carboxylic acids is 3. The molecule has 0 fully saturated rings. The van der Waals surface area contributed by atoms with Crippen LogP contribution in [0.3, 0.4) is 0 Å². The fraction of sp³-hybridized carbons (Fsp3) is 0.849. The monoisotopic (exact) mass is 1110 g/mol. The molecule has 1 unspecified atom stereocenters. The van der Waals surface area contributed by atoms with E-state index in [2.05, 4.69) is 69.4 Å². The molecule has 0 amide bonds. The van der Waals surface area contributed by atoms with Crippen molar-refractivity contribution >= 4 is 17.9 Å². The number of hydrogen-bond donors (Lipinski definition) is 0. The summed E-state index contributed by atoms with van der Waals surface area (Å²) in [5, 5.41) is 0. The van der Waals surface area contributed by atoms with E-state index in [1.54, 1.807) is 0 Å². The van der Waals surface area contributed by atoms with Gasteiger partial charge in [0, 0.05) is 19.3 Å². The van der Waals surface area contributed by atoms with Crippen LogP contribution >= 0.6 is 0 Å². The van der Waals surface area contributed by atoms with Gasteiger partial charge < -0.3 is 14.2 Å². The lowest BCUT2D eigenvalue weighted by molar-refractivity contribution is -0.167. The van der Waals surface area contributed by atoms with Crippen LogP contribution in [-0.2, 0) is 28.6 Å². The number of unbranched alkanes of at least 4 members (excludes halogenated alkanes) is 46. The van der Waals surface area contributed by atoms with Gasteiger partial charge in [0.25, 0.3) is 0 Å². The summed E-state index contributed by atoms with van der Waals surface area (Å²) >= 11 is 0. The van der Waals surface area contributed by atoms with Crippen molar-refractivity contribution in [3.63, 3.8) is 0 Å². The van der Waals surface area contributed by atoms with Gasteiger partial charge in [-0.2, -0.15) is 0 Å². The second-order valence-electron chi connectivity index (χ2n) is 23.8. The average Bonchev–Trinajstić information content (AvgIpc) is 3.45. The molecule has 0 saturated carbocycles. The van der Waals surface area contributed by atoms with Gasteiger partial charge in [-0.15, -0.1) is 0 Å². The number of rotatable bonds is 65. The SMILES string of the molecule is CCCCCCC/C=C\C/C=C\C/C=C\CCCCCCCCCCCCC(=O)OCC(COC(=O)CCCCCCCCCCCCCCCCC)OC(=O)CCCCCCCCCCC/C=C\CCCCCCCCCC. The molecule has 0 aromatic heterocycles. The predicted molar refractivity (Wildman–Crippen MR) is 344 cm³/mol. The molecular weight excluding hydrogens is 973 g/mol. The van der Waals surface area contributed by atoms with Crippen molar-refractivity contribution in [2.75, 3.05) is 13.2 Å². The number of ether oxygens (including phenoxy) is 3. The zero-order valence-electron chi connectivity index (χ0n) is 53.2. The highest BCUT2D eigenvalue weighted by molar-refractivity contribution is 5.71. The topological polar surface area (TPSA) is 78.9 Å². The number of carbonyl (C=O) groups is 3. The molecule has 6 nitrogen and oxygen atoms in total. The van der Waals surface area contributed by atoms with Gasteiger partial charge in [0.1, 0.15) is 13.2 Å². The number of allylic oxidation sites excluding steroid dienone is 8. The Morgan fingerprint density at radius 2 is 0.456 bits per heavy atom. The lowest BCUT2D eigenvalue weighted by Crippen LogP contribution is -2.30. The molecule has 0 saturated heterocycles. The van der Waals surface area contributed by atoms with Crippen LogP contribution in [0.15, 0.2) is 48.6 Å². The van der Waals surface area contributed by atoms with Gasteiger partial charge in [0.15, 0.2) is 6.10 Å². The molecule has 0 aliphatic carbocycles. The van der Waals surface area contributed by atoms with Crippen LogP contribution in [0.2, 0.25) is 0 Å². The van der Waals surface area contributed by atoms with Crippen molar-refractivity contribution in [3.05, 3.63) is 48.6 Å². The average molecular weight is 1110 g/mol. The Morgan fingerprint density at radius 3 is 0.722 bits per heavy atom. The summed E-state index contributed by atoms with van der Waals surface area (Å²) in [6, 6.07) is 0. The van der Waals surface area contributed by atoms with Crippen molar-refractivity contribution in [2.45, 2.75) is 386 Å². The van der Waals surface area contributed by atoms with Crippen molar-refractivity contribution in [1.29, 1.82) is 0 Å². The standard InChI is InChI=1S/C73H134O6/c1-4-7-10-13-16-19-22-25-28-30-32-34-35-36-37-39-40-42-45-48-51-54-57-60-63-66-72(75)78-69-70(68-77-71(74)65-62-59-56-53-50-47-44-27-24-21-18-15-12-9-6-3)79-73(76)67-64-61-58-55-52-49-46-43-41-38-33-31-29-26-23-20-17-14-11-8-5-2/h22,25,30-33,35-36,70H,4-21,23-24,26-29,34,37-69H2,1-3H3/b25-22-,32-30-,33-31-,36-35-. The van der Waals surface area contributed by atoms with Gasteiger partial charge in [-0.3, -0.25) is 14.4 Å². The molecule has 6 heteroatoms. The maximum absolute atomic E-state index is 13.0. The first kappa shape index (κ1) is 76.4. The third-order valence-corrected chi connectivity index (χ3v) is 15.8. The van der Waals surface area contributed by atoms with Gasteiger partial charge in [-0.05, 0) is 83.5 Å². The largest absolute Gasteiger partial charge is 0.462 e. The van der Waals surface area contributed by atoms with Crippen LogP contribution in [-0.4, -0.2) is 37.2 Å². The lowest BCUT2D eigenvalue weighted by Gasteiger charge is -2.18. The number of hydrogen-bond acceptors (Lipinski definition) is 6. The predicted octanol–water partition coefficient (Wildman–Crippen LogP) is 24.1. The summed E-state index contributed by atoms with van der Waals surface area (Å²) < 4.78 is 17.0. The maximum atomic E-state index is 13.0. The summed E-state index contributed by atoms with van der Waals surface area (Å²) in [4.78, 5) is 38.4. The molecule has 0 spiro atoms. The zero-order valence-corrected chi connectivity index (χ0v) is 53.2. The first-order valence-corrected chi connectivity index (χ1v) is 35.1. The Bertz CT molecular complexity index is 1360. The molecule has 0 heterocycles. The minimum atomic E-state index is -0.775. The van der Waals surface area contributed by atoms with Crippen LogP contribution in [0, 0.1) is 0 Å². The highest BCUT2D eigenvalue weighted by Gasteiger charge is 2.19. The van der Waals surface area contributed by atoms with Crippen molar-refractivity contribution in [2.24, 2.45) is 0 Å². The van der Waals surface area contributed by atoms with E-state index in [4.69, 9.17) is 14.2 Å². The fourth-order valence-corrected chi connectivity index (χ4v) is 10.5. The minimum absolute atomic E-state index is 0.0706. The van der Waals surface area contributed by atoms with Gasteiger partial charge in [-0.25, -0.2) is 0 Å². The van der Waals surface area contributed by atoms with Crippen LogP contribution in [0.5, 0.6) is 0 Å². The van der Waals surface area contributed by atoms with Crippen LogP contribution < -0.4 is 0 Å². The quantitative estimate of drug-likeness (QED) is 0.0261. The minimum Gasteiger partial charge on any atom is -0.462 e. The second kappa shape index (κ2) is 67.9. The van der Waals surface area contributed by atoms with Gasteiger partial charge in [0.2, 0.25) is 0 Å². The Balaban J connectivity index is 4.30. The van der Waals surface area contributed by atoms with E-state index in [-0.39, 0.29) is 31.1 Å². The normalized spacial score (nSPS) is 12.3. The smallest absolute Gasteiger partial charge is 0.306 e. The van der Waals surface area contributed by atoms with Crippen LogP contribution in [0.4, 0.5) is 0 Å². The molecular formula is C73H134O6. The Kier molecular flexibility index (Phi) is 65.6. The van der Waals surface area contributed by atoms with E-state index in [9.17, 15) is 14.4 Å². The first-order valence-electron chi connectivity index (χ1n) is 35.1. The summed E-state index contributed by atoms with van der Waals surface area (Å²) in [6.45, 7) is 6.69. The molecule has 0 radical (unpaired) electrons. The summed E-state index contributed by atoms with van der Waals surface area (Å²) in [5.74, 6) is -0.850. The summed E-state index contributed by atoms with van der Waals surface area (Å²) in [5.41, 5.74) is 0. The van der Waals surface area contributed by atoms with Crippen LogP contribution in [0.25, 0.3) is 0 Å². The van der Waals surface area contributed by atoms with Crippen LogP contribution in [0.1, 0.15) is 380 Å². The highest BCUT2D eigenvalue weighted by atomic mass is 16.6. The third-order valence-electron chi connectivity index (χ3n) is 15.8. The molecule has 1 atom stereocenters. The third kappa shape index (κ3) is 66.1. The van der Waals surface area contributed by atoms with E-state index >= 15 is 0 Å². The summed E-state index contributed by atoms with van der Waals surface area (Å²) in [7, 11) is 0. The molecule has 0 N–H and O–H groups in total. The Hall–Kier alpha value is -2.63. The Labute approximate surface area is 492 Å². The molecule has 0 aromatic carbocycles. The van der Waals surface area contributed by atoms with Gasteiger partial charge in [-0.1, -0.05) is 326 Å². The highest BCUT2D eigenvalue weighted by Crippen LogP contribution is 2.18. The molecule has 462 valence electrons. The zero-order chi connectivity index (χ0) is 57.1. The van der Waals surface area contributed by atoms with E-state index in [0.29, 0.717) is 19.3 Å². The van der Waals surface area contributed by atoms with Gasteiger partial charge >= 0.3 is 17.9 Å². The maximum Gasteiger partial charge on any atom is 0.306 e. The second-order valence-corrected chi connectivity index (χ2v) is 23.8. The molecule has 79 heavy (non-hydrogen) atoms. The van der Waals surface area contributed by atoms with E-state index in [1.165, 1.54) is 270 Å². The van der Waals surface area contributed by atoms with E-state index in [0.717, 1.165) is 70.6 Å². The molecule has 0 aliphatic rings. The van der Waals surface area contributed by atoms with Gasteiger partial charge in [0.05, 0.1) is 0 Å². The first-order chi connectivity index (χ1) is 39.0. The van der Waals surface area contributed by atoms with Crippen molar-refractivity contribution < 1.29 is 28.6 Å². The molecule has 0 aliphatic heterocycles. The van der Waals surface area contributed by atoms with E-state index < -0.39 is 6.10 Å². The van der Waals surface area contributed by atoms with E-state index in [1.807, 2.05) is 0 Å². The molecule has 0 bridgehead atoms. The molecule has 0 rings (SSSR count). The molecule has 0 aromatic rings.